The Hall–Kier alpha value is -10.7. The van der Waals surface area contributed by atoms with Crippen LogP contribution in [0.5, 0.6) is 34.5 Å². The van der Waals surface area contributed by atoms with Crippen LogP contribution in [0.15, 0.2) is 200 Å². The molecule has 628 valence electrons. The topological polar surface area (TPSA) is 220 Å². The molecule has 0 spiro atoms. The maximum absolute atomic E-state index is 13.4. The van der Waals surface area contributed by atoms with Crippen LogP contribution in [0.4, 0.5) is 27.6 Å². The number of hydrogen-bond donors (Lipinski definition) is 6. The SMILES string of the molecule is COCCCNCCCCOc1ccc(C2c3[nH]c4ccc(Cl)cc4c3CCN2C(=O)Oc2ccc(F)cc2)cc1.O=C(Oc1ccc(F)cc1)N1CCc2c([nH]c3ccc(Cl)cc23)C1c1ccc(OCCCCN2CCCC2)cc1.O=C(Oc1ccc(F)cc1)N1CCc2c([nH]c3ccc(Cl)cc23)C1c1ccc(OCCCCNCCO)cc1. The number of aliphatic hydroxyl groups excluding tert-OH is 1. The molecule has 9 aromatic carbocycles. The zero-order valence-electron chi connectivity index (χ0n) is 67.0. The molecule has 3 aromatic heterocycles. The summed E-state index contributed by atoms with van der Waals surface area (Å²) >= 11 is 18.9. The fourth-order valence-electron chi connectivity index (χ4n) is 16.0. The average Bonchev–Trinajstić information content (AvgIpc) is 1.60. The highest BCUT2D eigenvalue weighted by Gasteiger charge is 2.40. The van der Waals surface area contributed by atoms with Crippen LogP contribution >= 0.6 is 34.8 Å². The predicted octanol–water partition coefficient (Wildman–Crippen LogP) is 20.1. The first kappa shape index (κ1) is 85.7. The molecule has 7 heterocycles. The van der Waals surface area contributed by atoms with E-state index in [0.29, 0.717) is 91.8 Å². The normalized spacial score (nSPS) is 15.6. The molecule has 0 radical (unpaired) electrons. The van der Waals surface area contributed by atoms with Gasteiger partial charge in [-0.05, 0) is 313 Å². The Kier molecular flexibility index (Phi) is 30.0. The zero-order chi connectivity index (χ0) is 83.3. The molecule has 3 unspecified atom stereocenters. The number of halogens is 6. The molecule has 120 heavy (non-hydrogen) atoms. The number of fused-ring (bicyclic) bond motifs is 9. The number of nitrogens with one attached hydrogen (secondary N) is 5. The molecule has 12 aromatic rings. The Labute approximate surface area is 711 Å². The van der Waals surface area contributed by atoms with Crippen molar-refractivity contribution in [1.29, 1.82) is 0 Å². The van der Waals surface area contributed by atoms with Crippen molar-refractivity contribution in [2.24, 2.45) is 0 Å². The molecule has 20 nitrogen and oxygen atoms in total. The van der Waals surface area contributed by atoms with E-state index in [-0.39, 0.29) is 24.0 Å². The highest BCUT2D eigenvalue weighted by atomic mass is 35.5. The van der Waals surface area contributed by atoms with E-state index < -0.39 is 42.2 Å². The van der Waals surface area contributed by atoms with Crippen LogP contribution in [0, 0.1) is 17.5 Å². The second kappa shape index (κ2) is 42.0. The lowest BCUT2D eigenvalue weighted by atomic mass is 9.92. The molecule has 1 fully saturated rings. The van der Waals surface area contributed by atoms with Gasteiger partial charge in [-0.15, -0.1) is 0 Å². The summed E-state index contributed by atoms with van der Waals surface area (Å²) in [6.45, 7) is 11.1. The van der Waals surface area contributed by atoms with Gasteiger partial charge in [0.1, 0.15) is 70.1 Å². The van der Waals surface area contributed by atoms with Gasteiger partial charge in [-0.1, -0.05) is 71.2 Å². The second-order valence-corrected chi connectivity index (χ2v) is 31.4. The number of aliphatic hydroxyl groups is 1. The summed E-state index contributed by atoms with van der Waals surface area (Å²) in [5.41, 5.74) is 11.9. The highest BCUT2D eigenvalue weighted by Crippen LogP contribution is 2.44. The van der Waals surface area contributed by atoms with Crippen LogP contribution in [0.25, 0.3) is 32.7 Å². The van der Waals surface area contributed by atoms with Crippen molar-refractivity contribution in [1.82, 2.24) is 45.2 Å². The second-order valence-electron chi connectivity index (χ2n) is 30.1. The van der Waals surface area contributed by atoms with Crippen molar-refractivity contribution < 1.29 is 65.8 Å². The predicted molar refractivity (Wildman–Crippen MR) is 462 cm³/mol. The van der Waals surface area contributed by atoms with Crippen molar-refractivity contribution in [3.63, 3.8) is 0 Å². The van der Waals surface area contributed by atoms with Gasteiger partial charge in [0.05, 0.1) is 26.4 Å². The minimum Gasteiger partial charge on any atom is -0.494 e. The fraction of sp³-hybridized carbons (Fsp3) is 0.330. The summed E-state index contributed by atoms with van der Waals surface area (Å²) in [5.74, 6) is 2.04. The van der Waals surface area contributed by atoms with Crippen LogP contribution in [0.3, 0.4) is 0 Å². The lowest BCUT2D eigenvalue weighted by Gasteiger charge is -2.35. The quantitative estimate of drug-likeness (QED) is 0.0231. The van der Waals surface area contributed by atoms with E-state index in [4.69, 9.17) is 73.1 Å². The molecule has 0 aliphatic carbocycles. The number of nitrogens with zero attached hydrogens (tertiary/aromatic N) is 4. The van der Waals surface area contributed by atoms with Crippen LogP contribution in [0.2, 0.25) is 15.1 Å². The number of rotatable bonds is 30. The van der Waals surface area contributed by atoms with E-state index >= 15 is 0 Å². The van der Waals surface area contributed by atoms with Crippen LogP contribution in [-0.2, 0) is 24.0 Å². The number of unbranched alkanes of at least 4 members (excludes halogenated alkanes) is 3. The van der Waals surface area contributed by atoms with Gasteiger partial charge in [-0.3, -0.25) is 14.7 Å². The number of methoxy groups -OCH3 is 1. The number of hydrogen-bond acceptors (Lipinski definition) is 14. The van der Waals surface area contributed by atoms with Gasteiger partial charge in [0.2, 0.25) is 0 Å². The number of amides is 3. The van der Waals surface area contributed by atoms with E-state index in [1.165, 1.54) is 98.7 Å². The van der Waals surface area contributed by atoms with Crippen molar-refractivity contribution in [3.8, 4) is 34.5 Å². The Morgan fingerprint density at radius 1 is 0.392 bits per heavy atom. The van der Waals surface area contributed by atoms with Crippen molar-refractivity contribution in [2.45, 2.75) is 95.2 Å². The molecule has 4 aliphatic heterocycles. The fourth-order valence-corrected chi connectivity index (χ4v) is 16.5. The number of aromatic nitrogens is 3. The molecule has 0 bridgehead atoms. The number of carbonyl (C=O) groups excluding carboxylic acids is 3. The lowest BCUT2D eigenvalue weighted by molar-refractivity contribution is 0.134. The summed E-state index contributed by atoms with van der Waals surface area (Å²) in [4.78, 5) is 58.5. The van der Waals surface area contributed by atoms with Gasteiger partial charge >= 0.3 is 18.3 Å². The molecule has 0 saturated carbocycles. The van der Waals surface area contributed by atoms with Gasteiger partial charge in [0, 0.05) is 105 Å². The number of ether oxygens (including phenoxy) is 7. The Bertz CT molecular complexity index is 5370. The van der Waals surface area contributed by atoms with Crippen molar-refractivity contribution >= 4 is 85.8 Å². The summed E-state index contributed by atoms with van der Waals surface area (Å²) in [6.07, 6.45) is 10.1. The number of H-pyrrole nitrogens is 3. The van der Waals surface area contributed by atoms with Crippen LogP contribution in [-0.4, -0.2) is 164 Å². The minimum absolute atomic E-state index is 0.138. The first-order chi connectivity index (χ1) is 58.6. The van der Waals surface area contributed by atoms with Crippen molar-refractivity contribution in [3.05, 3.63) is 283 Å². The molecule has 3 amide bonds. The van der Waals surface area contributed by atoms with Crippen LogP contribution < -0.4 is 39.1 Å². The lowest BCUT2D eigenvalue weighted by Crippen LogP contribution is -2.42. The third-order valence-electron chi connectivity index (χ3n) is 22.0. The highest BCUT2D eigenvalue weighted by molar-refractivity contribution is 6.32. The Balaban J connectivity index is 0.000000147. The smallest absolute Gasteiger partial charge is 0.416 e. The molecule has 26 heteroatoms. The van der Waals surface area contributed by atoms with E-state index in [9.17, 15) is 27.6 Å². The Morgan fingerprint density at radius 2 is 0.708 bits per heavy atom. The summed E-state index contributed by atoms with van der Waals surface area (Å²) in [6, 6.07) is 56.0. The first-order valence-electron chi connectivity index (χ1n) is 41.2. The van der Waals surface area contributed by atoms with E-state index in [0.717, 1.165) is 178 Å². The van der Waals surface area contributed by atoms with Gasteiger partial charge in [0.25, 0.3) is 0 Å². The zero-order valence-corrected chi connectivity index (χ0v) is 69.2. The maximum atomic E-state index is 13.4. The molecular formula is C94H99Cl3F3N9O11. The largest absolute Gasteiger partial charge is 0.494 e. The van der Waals surface area contributed by atoms with Crippen molar-refractivity contribution in [2.75, 3.05) is 106 Å². The molecule has 1 saturated heterocycles. The standard InChI is InChI=1S/C32H35ClFN3O4.C32H33ClFN3O3.C30H31ClFN3O4/c1-39-19-4-17-35-16-2-3-20-40-25-10-5-22(6-11-25)31-30-27(28-21-23(33)7-14-29(28)36-30)15-18-37(31)32(38)41-26-12-8-24(34)9-13-26;33-23-7-14-29-28(21-23)27-15-19-37(32(38)40-26-12-8-24(34)9-13-26)31(30(27)35-29)22-5-10-25(11-6-22)39-20-4-3-18-36-16-1-2-17-36;31-21-5-12-27-26(19-21)25-13-16-35(30(37)39-24-10-6-22(32)7-11-24)29(28(25)34-27)20-3-8-23(9-4-20)38-18-2-1-14-33-15-17-36/h5-14,21,31,35-36H,2-4,15-20H2,1H3;5-14,21,31,35H,1-4,15-20H2;3-12,19,29,33-34,36H,1-2,13-18H2. The molecule has 16 rings (SSSR count). The van der Waals surface area contributed by atoms with Crippen LogP contribution in [0.1, 0.15) is 126 Å². The van der Waals surface area contributed by atoms with E-state index in [1.54, 1.807) is 21.8 Å². The third-order valence-corrected chi connectivity index (χ3v) is 22.7. The summed E-state index contributed by atoms with van der Waals surface area (Å²) in [7, 11) is 1.72. The average molecular weight is 1690 g/mol. The molecular weight excluding hydrogens is 1590 g/mol. The molecule has 6 N–H and O–H groups in total. The van der Waals surface area contributed by atoms with Gasteiger partial charge in [0.15, 0.2) is 0 Å². The molecule has 4 aliphatic rings. The van der Waals surface area contributed by atoms with E-state index in [1.807, 2.05) is 127 Å². The maximum Gasteiger partial charge on any atom is 0.416 e. The number of carbonyl (C=O) groups is 3. The monoisotopic (exact) mass is 1690 g/mol. The summed E-state index contributed by atoms with van der Waals surface area (Å²) < 4.78 is 80.1. The number of aromatic amines is 3. The van der Waals surface area contributed by atoms with Gasteiger partial charge in [-0.25, -0.2) is 27.6 Å². The third kappa shape index (κ3) is 22.1. The number of benzene rings is 9. The van der Waals surface area contributed by atoms with E-state index in [2.05, 4.69) is 30.5 Å². The van der Waals surface area contributed by atoms with Gasteiger partial charge < -0.3 is 68.7 Å². The number of likely N-dealkylation sites (tertiary alicyclic amines) is 1. The summed E-state index contributed by atoms with van der Waals surface area (Å²) in [5, 5.41) is 20.5. The Morgan fingerprint density at radius 3 is 1.04 bits per heavy atom. The first-order valence-corrected chi connectivity index (χ1v) is 42.3. The van der Waals surface area contributed by atoms with Gasteiger partial charge in [-0.2, -0.15) is 0 Å². The minimum atomic E-state index is -0.510. The molecule has 3 atom stereocenters.